The fraction of sp³-hybridized carbons (Fsp3) is 0.667. The van der Waals surface area contributed by atoms with E-state index in [1.165, 1.54) is 17.7 Å². The van der Waals surface area contributed by atoms with E-state index in [1.807, 2.05) is 24.3 Å². The van der Waals surface area contributed by atoms with Crippen LogP contribution in [0.3, 0.4) is 0 Å². The van der Waals surface area contributed by atoms with Crippen LogP contribution in [0.4, 0.5) is 5.69 Å². The molecule has 0 radical (unpaired) electrons. The summed E-state index contributed by atoms with van der Waals surface area (Å²) in [5.41, 5.74) is 1.63. The molecular formula is C27H36N4O5. The number of aliphatic hydroxyl groups is 1. The number of amides is 2. The van der Waals surface area contributed by atoms with Crippen molar-refractivity contribution in [3.63, 3.8) is 0 Å². The summed E-state index contributed by atoms with van der Waals surface area (Å²) in [5, 5.41) is 13.4. The van der Waals surface area contributed by atoms with Crippen molar-refractivity contribution < 1.29 is 24.2 Å². The SMILES string of the molecule is O=C(N[C@H](C(=O)N1C[C@H](O)[C@H]2OCC(=O)[C@H]21)C1CCCC1)c1ccc(N2CCN(C3CC3)CC2)cc1. The molecule has 0 unspecified atom stereocenters. The molecule has 194 valence electrons. The predicted molar refractivity (Wildman–Crippen MR) is 133 cm³/mol. The third-order valence-corrected chi connectivity index (χ3v) is 8.74. The standard InChI is InChI=1S/C27H36N4O5/c32-21-15-31(24-22(33)16-36-25(21)24)27(35)23(17-3-1-2-4-17)28-26(34)18-5-7-19(8-6-18)29-11-13-30(14-12-29)20-9-10-20/h5-8,17,20-21,23-25,32H,1-4,9-16H2,(H,28,34)/t21-,23-,24+,25+/m0/s1. The highest BCUT2D eigenvalue weighted by molar-refractivity contribution is 5.99. The lowest BCUT2D eigenvalue weighted by molar-refractivity contribution is -0.139. The Morgan fingerprint density at radius 3 is 2.36 bits per heavy atom. The molecule has 36 heavy (non-hydrogen) atoms. The Hall–Kier alpha value is -2.49. The molecule has 0 spiro atoms. The number of benzene rings is 1. The highest BCUT2D eigenvalue weighted by Crippen LogP contribution is 2.33. The van der Waals surface area contributed by atoms with Crippen LogP contribution in [0, 0.1) is 5.92 Å². The van der Waals surface area contributed by atoms with E-state index in [9.17, 15) is 19.5 Å². The minimum Gasteiger partial charge on any atom is -0.388 e. The number of hydrogen-bond acceptors (Lipinski definition) is 7. The number of β-amino-alcohol motifs (C(OH)–C–C–N with tert-alkyl or cyclic N) is 1. The highest BCUT2D eigenvalue weighted by atomic mass is 16.5. The Balaban J connectivity index is 1.13. The summed E-state index contributed by atoms with van der Waals surface area (Å²) in [5.74, 6) is -0.728. The fourth-order valence-electron chi connectivity index (χ4n) is 6.54. The topological polar surface area (TPSA) is 102 Å². The van der Waals surface area contributed by atoms with Crippen LogP contribution in [-0.4, -0.2) is 102 Å². The van der Waals surface area contributed by atoms with E-state index in [1.54, 1.807) is 0 Å². The Bertz CT molecular complexity index is 998. The van der Waals surface area contributed by atoms with Crippen molar-refractivity contribution in [2.45, 2.75) is 68.9 Å². The maximum absolute atomic E-state index is 13.7. The Labute approximate surface area is 211 Å². The Kier molecular flexibility index (Phi) is 6.47. The molecular weight excluding hydrogens is 460 g/mol. The zero-order chi connectivity index (χ0) is 24.8. The highest BCUT2D eigenvalue weighted by Gasteiger charge is 2.53. The van der Waals surface area contributed by atoms with Crippen molar-refractivity contribution in [2.24, 2.45) is 5.92 Å². The number of carbonyl (C=O) groups excluding carboxylic acids is 3. The second-order valence-corrected chi connectivity index (χ2v) is 11.0. The second-order valence-electron chi connectivity index (χ2n) is 11.0. The van der Waals surface area contributed by atoms with Gasteiger partial charge < -0.3 is 25.0 Å². The second kappa shape index (κ2) is 9.76. The summed E-state index contributed by atoms with van der Waals surface area (Å²) in [6.45, 7) is 4.12. The number of fused-ring (bicyclic) bond motifs is 1. The Morgan fingerprint density at radius 2 is 1.69 bits per heavy atom. The number of rotatable bonds is 6. The summed E-state index contributed by atoms with van der Waals surface area (Å²) in [6, 6.07) is 6.97. The number of Topliss-reactive ketones (excluding diaryl/α,β-unsaturated/α-hetero) is 1. The van der Waals surface area contributed by atoms with Gasteiger partial charge in [0.15, 0.2) is 5.78 Å². The van der Waals surface area contributed by atoms with Gasteiger partial charge in [-0.05, 0) is 55.9 Å². The van der Waals surface area contributed by atoms with Gasteiger partial charge >= 0.3 is 0 Å². The number of likely N-dealkylation sites (tertiary alicyclic amines) is 1. The summed E-state index contributed by atoms with van der Waals surface area (Å²) in [7, 11) is 0. The van der Waals surface area contributed by atoms with E-state index in [0.29, 0.717) is 5.56 Å². The summed E-state index contributed by atoms with van der Waals surface area (Å²) in [4.78, 5) is 45.7. The molecule has 3 aliphatic heterocycles. The van der Waals surface area contributed by atoms with Gasteiger partial charge in [0.25, 0.3) is 5.91 Å². The summed E-state index contributed by atoms with van der Waals surface area (Å²) < 4.78 is 5.43. The molecule has 1 aromatic carbocycles. The minimum absolute atomic E-state index is 0.0251. The monoisotopic (exact) mass is 496 g/mol. The van der Waals surface area contributed by atoms with Crippen molar-refractivity contribution in [3.8, 4) is 0 Å². The van der Waals surface area contributed by atoms with Crippen LogP contribution in [0.1, 0.15) is 48.9 Å². The van der Waals surface area contributed by atoms with Crippen LogP contribution >= 0.6 is 0 Å². The first kappa shape index (κ1) is 23.9. The van der Waals surface area contributed by atoms with Gasteiger partial charge in [-0.2, -0.15) is 0 Å². The quantitative estimate of drug-likeness (QED) is 0.601. The molecule has 3 heterocycles. The van der Waals surface area contributed by atoms with Crippen molar-refractivity contribution in [1.29, 1.82) is 0 Å². The van der Waals surface area contributed by atoms with Crippen molar-refractivity contribution in [3.05, 3.63) is 29.8 Å². The number of hydrogen-bond donors (Lipinski definition) is 2. The Morgan fingerprint density at radius 1 is 1.00 bits per heavy atom. The largest absolute Gasteiger partial charge is 0.388 e. The molecule has 5 aliphatic rings. The van der Waals surface area contributed by atoms with Gasteiger partial charge in [0.05, 0.1) is 6.54 Å². The van der Waals surface area contributed by atoms with Crippen molar-refractivity contribution in [2.75, 3.05) is 44.2 Å². The fourth-order valence-corrected chi connectivity index (χ4v) is 6.54. The smallest absolute Gasteiger partial charge is 0.251 e. The van der Waals surface area contributed by atoms with E-state index in [4.69, 9.17) is 4.74 Å². The summed E-state index contributed by atoms with van der Waals surface area (Å²) in [6.07, 6.45) is 4.86. The molecule has 3 saturated heterocycles. The molecule has 1 aromatic rings. The average Bonchev–Trinajstić information content (AvgIpc) is 3.30. The van der Waals surface area contributed by atoms with Gasteiger partial charge in [-0.15, -0.1) is 0 Å². The zero-order valence-corrected chi connectivity index (χ0v) is 20.7. The number of carbonyl (C=O) groups is 3. The molecule has 4 atom stereocenters. The molecule has 6 rings (SSSR count). The van der Waals surface area contributed by atoms with Crippen LogP contribution in [0.25, 0.3) is 0 Å². The maximum atomic E-state index is 13.7. The van der Waals surface area contributed by atoms with Gasteiger partial charge in [-0.3, -0.25) is 19.3 Å². The predicted octanol–water partition coefficient (Wildman–Crippen LogP) is 0.799. The lowest BCUT2D eigenvalue weighted by Crippen LogP contribution is -2.54. The molecule has 9 heteroatoms. The average molecular weight is 497 g/mol. The van der Waals surface area contributed by atoms with E-state index < -0.39 is 24.3 Å². The normalized spacial score (nSPS) is 30.0. The van der Waals surface area contributed by atoms with Crippen LogP contribution in [-0.2, 0) is 14.3 Å². The molecule has 9 nitrogen and oxygen atoms in total. The van der Waals surface area contributed by atoms with E-state index >= 15 is 0 Å². The van der Waals surface area contributed by atoms with Crippen molar-refractivity contribution >= 4 is 23.3 Å². The van der Waals surface area contributed by atoms with Gasteiger partial charge in [0, 0.05) is 43.5 Å². The number of nitrogens with zero attached hydrogens (tertiary/aromatic N) is 3. The number of ether oxygens (including phenoxy) is 1. The molecule has 5 fully saturated rings. The van der Waals surface area contributed by atoms with Crippen LogP contribution in [0.2, 0.25) is 0 Å². The van der Waals surface area contributed by atoms with Gasteiger partial charge in [0.1, 0.15) is 30.9 Å². The van der Waals surface area contributed by atoms with Crippen molar-refractivity contribution in [1.82, 2.24) is 15.1 Å². The third kappa shape index (κ3) is 4.53. The van der Waals surface area contributed by atoms with Gasteiger partial charge in [0.2, 0.25) is 5.91 Å². The number of ketones is 1. The number of anilines is 1. The minimum atomic E-state index is -0.885. The first-order valence-corrected chi connectivity index (χ1v) is 13.5. The molecule has 0 aromatic heterocycles. The van der Waals surface area contributed by atoms with E-state index in [2.05, 4.69) is 15.1 Å². The maximum Gasteiger partial charge on any atom is 0.251 e. The van der Waals surface area contributed by atoms with Crippen LogP contribution in [0.5, 0.6) is 0 Å². The molecule has 2 N–H and O–H groups in total. The molecule has 0 bridgehead atoms. The lowest BCUT2D eigenvalue weighted by atomic mass is 9.95. The zero-order valence-electron chi connectivity index (χ0n) is 20.7. The van der Waals surface area contributed by atoms with E-state index in [-0.39, 0.29) is 36.7 Å². The molecule has 2 saturated carbocycles. The first-order chi connectivity index (χ1) is 17.5. The number of piperazine rings is 1. The number of nitrogens with one attached hydrogen (secondary N) is 1. The third-order valence-electron chi connectivity index (χ3n) is 8.74. The van der Waals surface area contributed by atoms with Crippen LogP contribution in [0.15, 0.2) is 24.3 Å². The molecule has 2 aliphatic carbocycles. The lowest BCUT2D eigenvalue weighted by Gasteiger charge is -2.36. The molecule has 2 amide bonds. The first-order valence-electron chi connectivity index (χ1n) is 13.5. The van der Waals surface area contributed by atoms with Gasteiger partial charge in [-0.25, -0.2) is 0 Å². The number of aliphatic hydroxyl groups excluding tert-OH is 1. The summed E-state index contributed by atoms with van der Waals surface area (Å²) >= 11 is 0. The van der Waals surface area contributed by atoms with Gasteiger partial charge in [-0.1, -0.05) is 12.8 Å². The van der Waals surface area contributed by atoms with E-state index in [0.717, 1.165) is 63.6 Å². The van der Waals surface area contributed by atoms with Crippen LogP contribution < -0.4 is 10.2 Å².